The minimum atomic E-state index is -3.80. The number of carbonyl (C=O) groups is 1. The number of benzene rings is 2. The monoisotopic (exact) mass is 362 g/mol. The van der Waals surface area contributed by atoms with Crippen molar-refractivity contribution in [1.82, 2.24) is 9.79 Å². The Morgan fingerprint density at radius 3 is 2.40 bits per heavy atom. The summed E-state index contributed by atoms with van der Waals surface area (Å²) in [4.78, 5) is 17.2. The lowest BCUT2D eigenvalue weighted by molar-refractivity contribution is -0.0258. The molecule has 1 unspecified atom stereocenters. The van der Waals surface area contributed by atoms with Crippen molar-refractivity contribution in [2.24, 2.45) is 0 Å². The van der Waals surface area contributed by atoms with E-state index in [0.717, 1.165) is 15.6 Å². The number of hydrogen-bond acceptors (Lipinski definition) is 4. The van der Waals surface area contributed by atoms with Crippen LogP contribution in [-0.4, -0.2) is 33.0 Å². The maximum Gasteiger partial charge on any atom is 0.264 e. The Morgan fingerprint density at radius 2 is 1.80 bits per heavy atom. The molecule has 0 aliphatic carbocycles. The van der Waals surface area contributed by atoms with Crippen molar-refractivity contribution in [2.45, 2.75) is 24.8 Å². The van der Waals surface area contributed by atoms with Crippen LogP contribution in [0.4, 0.5) is 0 Å². The molecule has 134 valence electrons. The highest BCUT2D eigenvalue weighted by molar-refractivity contribution is 7.89. The lowest BCUT2D eigenvalue weighted by Gasteiger charge is -2.16. The van der Waals surface area contributed by atoms with E-state index in [1.165, 1.54) is 32.4 Å². The molecule has 2 aromatic rings. The number of nitrogens with one attached hydrogen (secondary N) is 1. The first-order valence-corrected chi connectivity index (χ1v) is 9.20. The lowest BCUT2D eigenvalue weighted by atomic mass is 10.1. The molecule has 6 nitrogen and oxygen atoms in total. The van der Waals surface area contributed by atoms with Gasteiger partial charge in [-0.2, -0.15) is 0 Å². The summed E-state index contributed by atoms with van der Waals surface area (Å²) in [6, 6.07) is 13.5. The van der Waals surface area contributed by atoms with Gasteiger partial charge in [-0.05, 0) is 37.6 Å². The maximum absolute atomic E-state index is 12.5. The summed E-state index contributed by atoms with van der Waals surface area (Å²) < 4.78 is 25.3. The predicted octanol–water partition coefficient (Wildman–Crippen LogP) is 2.67. The smallest absolute Gasteiger partial charge is 0.264 e. The van der Waals surface area contributed by atoms with Gasteiger partial charge in [-0.25, -0.2) is 8.42 Å². The first kappa shape index (κ1) is 19.1. The van der Waals surface area contributed by atoms with Crippen LogP contribution in [0.25, 0.3) is 0 Å². The number of sulfonamides is 1. The van der Waals surface area contributed by atoms with Gasteiger partial charge in [0, 0.05) is 12.6 Å². The molecule has 0 saturated heterocycles. The van der Waals surface area contributed by atoms with E-state index >= 15 is 0 Å². The summed E-state index contributed by atoms with van der Waals surface area (Å²) in [7, 11) is -1.24. The minimum Gasteiger partial charge on any atom is -0.346 e. The number of carbonyl (C=O) groups excluding carboxylic acids is 1. The number of hydrogen-bond donors (Lipinski definition) is 1. The van der Waals surface area contributed by atoms with Crippen LogP contribution in [0.3, 0.4) is 0 Å². The topological polar surface area (TPSA) is 75.7 Å². The highest BCUT2D eigenvalue weighted by atomic mass is 32.2. The van der Waals surface area contributed by atoms with Crippen LogP contribution < -0.4 is 5.32 Å². The molecule has 1 atom stereocenters. The fourth-order valence-corrected chi connectivity index (χ4v) is 3.28. The van der Waals surface area contributed by atoms with Gasteiger partial charge in [0.1, 0.15) is 0 Å². The molecule has 1 N–H and O–H groups in total. The quantitative estimate of drug-likeness (QED) is 0.802. The minimum absolute atomic E-state index is 0.00695. The van der Waals surface area contributed by atoms with Gasteiger partial charge in [0.15, 0.2) is 0 Å². The van der Waals surface area contributed by atoms with Crippen LogP contribution in [0.2, 0.25) is 0 Å². The molecule has 0 heterocycles. The maximum atomic E-state index is 12.5. The van der Waals surface area contributed by atoms with Crippen molar-refractivity contribution >= 4 is 15.9 Å². The van der Waals surface area contributed by atoms with Crippen molar-refractivity contribution in [1.29, 1.82) is 0 Å². The van der Waals surface area contributed by atoms with Crippen LogP contribution >= 0.6 is 0 Å². The second-order valence-electron chi connectivity index (χ2n) is 5.73. The standard InChI is InChI=1S/C18H22N2O4S/c1-13-8-10-15(11-9-13)14(2)19-18(21)16-6-5-7-17(12-16)25(22,23)20(3)24-4/h5-12,14H,1-4H3,(H,19,21). The molecule has 0 spiro atoms. The molecule has 0 aliphatic heterocycles. The van der Waals surface area contributed by atoms with Crippen molar-refractivity contribution in [3.05, 3.63) is 65.2 Å². The number of amides is 1. The van der Waals surface area contributed by atoms with Crippen molar-refractivity contribution in [3.8, 4) is 0 Å². The van der Waals surface area contributed by atoms with E-state index in [0.29, 0.717) is 0 Å². The average Bonchev–Trinajstić information content (AvgIpc) is 2.61. The van der Waals surface area contributed by atoms with Gasteiger partial charge in [0.2, 0.25) is 0 Å². The largest absolute Gasteiger partial charge is 0.346 e. The van der Waals surface area contributed by atoms with Gasteiger partial charge in [-0.1, -0.05) is 40.4 Å². The Labute approximate surface area is 148 Å². The highest BCUT2D eigenvalue weighted by Gasteiger charge is 2.22. The van der Waals surface area contributed by atoms with E-state index in [4.69, 9.17) is 4.84 Å². The Morgan fingerprint density at radius 1 is 1.16 bits per heavy atom. The van der Waals surface area contributed by atoms with Crippen LogP contribution in [-0.2, 0) is 14.9 Å². The fraction of sp³-hybridized carbons (Fsp3) is 0.278. The lowest BCUT2D eigenvalue weighted by Crippen LogP contribution is -2.28. The fourth-order valence-electron chi connectivity index (χ4n) is 2.26. The van der Waals surface area contributed by atoms with Crippen molar-refractivity contribution in [3.63, 3.8) is 0 Å². The number of rotatable bonds is 6. The molecular weight excluding hydrogens is 340 g/mol. The van der Waals surface area contributed by atoms with E-state index in [2.05, 4.69) is 5.32 Å². The molecule has 25 heavy (non-hydrogen) atoms. The molecule has 0 fully saturated rings. The third-order valence-electron chi connectivity index (χ3n) is 3.91. The van der Waals surface area contributed by atoms with E-state index in [-0.39, 0.29) is 22.4 Å². The SMILES string of the molecule is CON(C)S(=O)(=O)c1cccc(C(=O)NC(C)c2ccc(C)cc2)c1. The number of aryl methyl sites for hydroxylation is 1. The van der Waals surface area contributed by atoms with Crippen LogP contribution in [0, 0.1) is 6.92 Å². The van der Waals surface area contributed by atoms with Gasteiger partial charge in [-0.3, -0.25) is 9.63 Å². The van der Waals surface area contributed by atoms with Gasteiger partial charge in [0.25, 0.3) is 15.9 Å². The zero-order valence-corrected chi connectivity index (χ0v) is 15.5. The van der Waals surface area contributed by atoms with Crippen molar-refractivity contribution in [2.75, 3.05) is 14.2 Å². The van der Waals surface area contributed by atoms with Crippen molar-refractivity contribution < 1.29 is 18.0 Å². The molecule has 0 radical (unpaired) electrons. The summed E-state index contributed by atoms with van der Waals surface area (Å²) in [5.74, 6) is -0.342. The molecule has 0 bridgehead atoms. The second kappa shape index (κ2) is 7.77. The first-order valence-electron chi connectivity index (χ1n) is 7.76. The normalized spacial score (nSPS) is 12.8. The Kier molecular flexibility index (Phi) is 5.94. The Bertz CT molecular complexity index is 848. The van der Waals surface area contributed by atoms with Crippen LogP contribution in [0.1, 0.15) is 34.5 Å². The zero-order chi connectivity index (χ0) is 18.6. The number of nitrogens with zero attached hydrogens (tertiary/aromatic N) is 1. The van der Waals surface area contributed by atoms with E-state index in [1.54, 1.807) is 6.07 Å². The Hall–Kier alpha value is -2.22. The molecular formula is C18H22N2O4S. The van der Waals surface area contributed by atoms with Crippen LogP contribution in [0.5, 0.6) is 0 Å². The molecule has 0 saturated carbocycles. The Balaban J connectivity index is 2.20. The van der Waals surface area contributed by atoms with Gasteiger partial charge in [0.05, 0.1) is 18.0 Å². The summed E-state index contributed by atoms with van der Waals surface area (Å²) in [6.07, 6.45) is 0. The molecule has 2 aromatic carbocycles. The molecule has 2 rings (SSSR count). The number of hydroxylamine groups is 1. The van der Waals surface area contributed by atoms with Gasteiger partial charge >= 0.3 is 0 Å². The predicted molar refractivity (Wildman–Crippen MR) is 95.5 cm³/mol. The highest BCUT2D eigenvalue weighted by Crippen LogP contribution is 2.18. The summed E-state index contributed by atoms with van der Waals surface area (Å²) in [5.41, 5.74) is 2.38. The van der Waals surface area contributed by atoms with E-state index < -0.39 is 10.0 Å². The second-order valence-corrected chi connectivity index (χ2v) is 7.67. The van der Waals surface area contributed by atoms with E-state index in [1.807, 2.05) is 38.1 Å². The first-order chi connectivity index (χ1) is 11.8. The molecule has 0 aromatic heterocycles. The van der Waals surface area contributed by atoms with E-state index in [9.17, 15) is 13.2 Å². The average molecular weight is 362 g/mol. The van der Waals surface area contributed by atoms with Gasteiger partial charge < -0.3 is 5.32 Å². The van der Waals surface area contributed by atoms with Gasteiger partial charge in [-0.15, -0.1) is 0 Å². The summed E-state index contributed by atoms with van der Waals surface area (Å²) >= 11 is 0. The molecule has 1 amide bonds. The molecule has 0 aliphatic rings. The molecule has 7 heteroatoms. The zero-order valence-electron chi connectivity index (χ0n) is 14.7. The summed E-state index contributed by atoms with van der Waals surface area (Å²) in [5, 5.41) is 2.88. The third kappa shape index (κ3) is 4.45. The van der Waals surface area contributed by atoms with Crippen LogP contribution in [0.15, 0.2) is 53.4 Å². The third-order valence-corrected chi connectivity index (χ3v) is 5.59. The summed E-state index contributed by atoms with van der Waals surface area (Å²) in [6.45, 7) is 3.87.